The van der Waals surface area contributed by atoms with E-state index in [0.29, 0.717) is 5.92 Å². The fourth-order valence-corrected chi connectivity index (χ4v) is 1.11. The molecule has 1 aromatic rings. The van der Waals surface area contributed by atoms with Gasteiger partial charge in [0.1, 0.15) is 0 Å². The Morgan fingerprint density at radius 1 is 1.33 bits per heavy atom. The van der Waals surface area contributed by atoms with E-state index in [-0.39, 0.29) is 5.91 Å². The van der Waals surface area contributed by atoms with E-state index in [4.69, 9.17) is 0 Å². The summed E-state index contributed by atoms with van der Waals surface area (Å²) in [6.07, 6.45) is 0. The number of amides is 1. The molecule has 0 aliphatic carbocycles. The van der Waals surface area contributed by atoms with E-state index in [0.717, 1.165) is 11.3 Å². The van der Waals surface area contributed by atoms with Gasteiger partial charge in [0.15, 0.2) is 0 Å². The lowest BCUT2D eigenvalue weighted by molar-refractivity contribution is -0.114. The van der Waals surface area contributed by atoms with Gasteiger partial charge in [0.25, 0.3) is 0 Å². The molecule has 0 heterocycles. The lowest BCUT2D eigenvalue weighted by atomic mass is 10.1. The van der Waals surface area contributed by atoms with Crippen molar-refractivity contribution in [1.29, 1.82) is 0 Å². The van der Waals surface area contributed by atoms with Gasteiger partial charge in [-0.1, -0.05) is 37.8 Å². The van der Waals surface area contributed by atoms with Crippen LogP contribution in [0, 0.1) is 17.8 Å². The van der Waals surface area contributed by atoms with E-state index >= 15 is 0 Å². The maximum atomic E-state index is 10.9. The molecule has 15 heavy (non-hydrogen) atoms. The summed E-state index contributed by atoms with van der Waals surface area (Å²) in [6.45, 7) is 5.56. The normalized spacial score (nSPS) is 9.33. The quantitative estimate of drug-likeness (QED) is 0.695. The highest BCUT2D eigenvalue weighted by Crippen LogP contribution is 2.13. The second-order valence-corrected chi connectivity index (χ2v) is 3.65. The van der Waals surface area contributed by atoms with Crippen molar-refractivity contribution in [3.8, 4) is 11.8 Å². The largest absolute Gasteiger partial charge is 0.325 e. The summed E-state index contributed by atoms with van der Waals surface area (Å²) < 4.78 is 0. The molecule has 78 valence electrons. The maximum absolute atomic E-state index is 10.9. The number of nitrogens with one attached hydrogen (secondary N) is 1. The van der Waals surface area contributed by atoms with Crippen molar-refractivity contribution in [2.45, 2.75) is 20.8 Å². The molecule has 0 unspecified atom stereocenters. The van der Waals surface area contributed by atoms with Crippen molar-refractivity contribution in [3.63, 3.8) is 0 Å². The van der Waals surface area contributed by atoms with Gasteiger partial charge in [-0.05, 0) is 12.1 Å². The van der Waals surface area contributed by atoms with Gasteiger partial charge < -0.3 is 5.32 Å². The molecular formula is C13H15NO. The molecule has 2 nitrogen and oxygen atoms in total. The van der Waals surface area contributed by atoms with Crippen LogP contribution in [0.15, 0.2) is 24.3 Å². The fourth-order valence-electron chi connectivity index (χ4n) is 1.11. The Bertz CT molecular complexity index is 410. The first-order chi connectivity index (χ1) is 7.09. The Balaban J connectivity index is 2.97. The molecular weight excluding hydrogens is 186 g/mol. The van der Waals surface area contributed by atoms with Gasteiger partial charge in [-0.25, -0.2) is 0 Å². The number of rotatable bonds is 1. The molecule has 0 atom stereocenters. The molecule has 0 radical (unpaired) electrons. The molecule has 2 heteroatoms. The summed E-state index contributed by atoms with van der Waals surface area (Å²) in [6, 6.07) is 7.55. The minimum absolute atomic E-state index is 0.0752. The lowest BCUT2D eigenvalue weighted by Gasteiger charge is -2.04. The minimum atomic E-state index is -0.0752. The summed E-state index contributed by atoms with van der Waals surface area (Å²) in [5, 5.41) is 2.76. The first-order valence-electron chi connectivity index (χ1n) is 4.97. The summed E-state index contributed by atoms with van der Waals surface area (Å²) in [5.74, 6) is 6.38. The monoisotopic (exact) mass is 201 g/mol. The van der Waals surface area contributed by atoms with Crippen molar-refractivity contribution in [2.75, 3.05) is 5.32 Å². The third-order valence-electron chi connectivity index (χ3n) is 1.73. The molecule has 0 saturated heterocycles. The number of anilines is 1. The molecule has 0 fully saturated rings. The average Bonchev–Trinajstić information content (AvgIpc) is 2.15. The van der Waals surface area contributed by atoms with Crippen molar-refractivity contribution < 1.29 is 4.79 Å². The van der Waals surface area contributed by atoms with Gasteiger partial charge in [-0.15, -0.1) is 0 Å². The van der Waals surface area contributed by atoms with Crippen LogP contribution in [0.2, 0.25) is 0 Å². The highest BCUT2D eigenvalue weighted by atomic mass is 16.1. The van der Waals surface area contributed by atoms with Crippen LogP contribution in [-0.4, -0.2) is 5.91 Å². The maximum Gasteiger partial charge on any atom is 0.221 e. The van der Waals surface area contributed by atoms with Crippen LogP contribution >= 0.6 is 0 Å². The zero-order chi connectivity index (χ0) is 11.3. The van der Waals surface area contributed by atoms with E-state index in [1.807, 2.05) is 38.1 Å². The third kappa shape index (κ3) is 3.86. The lowest BCUT2D eigenvalue weighted by Crippen LogP contribution is -2.07. The minimum Gasteiger partial charge on any atom is -0.325 e. The molecule has 1 amide bonds. The smallest absolute Gasteiger partial charge is 0.221 e. The Morgan fingerprint density at radius 3 is 2.60 bits per heavy atom. The first kappa shape index (κ1) is 11.3. The number of benzene rings is 1. The second-order valence-electron chi connectivity index (χ2n) is 3.65. The number of hydrogen-bond acceptors (Lipinski definition) is 1. The summed E-state index contributed by atoms with van der Waals surface area (Å²) in [4.78, 5) is 10.9. The fraction of sp³-hybridized carbons (Fsp3) is 0.308. The van der Waals surface area contributed by atoms with E-state index in [1.165, 1.54) is 6.92 Å². The Labute approximate surface area is 90.7 Å². The van der Waals surface area contributed by atoms with E-state index < -0.39 is 0 Å². The van der Waals surface area contributed by atoms with Crippen molar-refractivity contribution in [2.24, 2.45) is 5.92 Å². The Hall–Kier alpha value is -1.75. The van der Waals surface area contributed by atoms with Crippen molar-refractivity contribution in [3.05, 3.63) is 29.8 Å². The van der Waals surface area contributed by atoms with Crippen LogP contribution in [0.25, 0.3) is 0 Å². The third-order valence-corrected chi connectivity index (χ3v) is 1.73. The molecule has 0 aliphatic rings. The average molecular weight is 201 g/mol. The standard InChI is InChI=1S/C13H15NO/c1-10(2)8-9-12-6-4-5-7-13(12)14-11(3)15/h4-7,10H,1-3H3,(H,14,15). The molecule has 1 aromatic carbocycles. The second kappa shape index (κ2) is 5.21. The number of hydrogen-bond donors (Lipinski definition) is 1. The van der Waals surface area contributed by atoms with Gasteiger partial charge >= 0.3 is 0 Å². The molecule has 0 aliphatic heterocycles. The van der Waals surface area contributed by atoms with Gasteiger partial charge in [-0.3, -0.25) is 4.79 Å². The highest BCUT2D eigenvalue weighted by Gasteiger charge is 1.99. The van der Waals surface area contributed by atoms with Crippen molar-refractivity contribution in [1.82, 2.24) is 0 Å². The molecule has 0 aromatic heterocycles. The van der Waals surface area contributed by atoms with Crippen LogP contribution in [0.5, 0.6) is 0 Å². The molecule has 0 bridgehead atoms. The highest BCUT2D eigenvalue weighted by molar-refractivity contribution is 5.90. The van der Waals surface area contributed by atoms with Gasteiger partial charge in [0.2, 0.25) is 5.91 Å². The zero-order valence-corrected chi connectivity index (χ0v) is 9.29. The van der Waals surface area contributed by atoms with Gasteiger partial charge in [-0.2, -0.15) is 0 Å². The van der Waals surface area contributed by atoms with Crippen LogP contribution in [0.3, 0.4) is 0 Å². The zero-order valence-electron chi connectivity index (χ0n) is 9.29. The number of carbonyl (C=O) groups is 1. The van der Waals surface area contributed by atoms with Crippen molar-refractivity contribution >= 4 is 11.6 Å². The van der Waals surface area contributed by atoms with Gasteiger partial charge in [0.05, 0.1) is 5.69 Å². The van der Waals surface area contributed by atoms with E-state index in [1.54, 1.807) is 0 Å². The summed E-state index contributed by atoms with van der Waals surface area (Å²) in [5.41, 5.74) is 1.64. The van der Waals surface area contributed by atoms with E-state index in [2.05, 4.69) is 17.2 Å². The Morgan fingerprint density at radius 2 is 2.00 bits per heavy atom. The van der Waals surface area contributed by atoms with Crippen LogP contribution in [-0.2, 0) is 4.79 Å². The first-order valence-corrected chi connectivity index (χ1v) is 4.97. The SMILES string of the molecule is CC(=O)Nc1ccccc1C#CC(C)C. The topological polar surface area (TPSA) is 29.1 Å². The number of para-hydroxylation sites is 1. The molecule has 0 saturated carbocycles. The van der Waals surface area contributed by atoms with Crippen LogP contribution < -0.4 is 5.32 Å². The molecule has 1 rings (SSSR count). The molecule has 0 spiro atoms. The summed E-state index contributed by atoms with van der Waals surface area (Å²) >= 11 is 0. The van der Waals surface area contributed by atoms with Crippen LogP contribution in [0.1, 0.15) is 26.3 Å². The van der Waals surface area contributed by atoms with Crippen LogP contribution in [0.4, 0.5) is 5.69 Å². The van der Waals surface area contributed by atoms with E-state index in [9.17, 15) is 4.79 Å². The molecule has 1 N–H and O–H groups in total. The van der Waals surface area contributed by atoms with Gasteiger partial charge in [0, 0.05) is 18.4 Å². The Kier molecular flexibility index (Phi) is 3.93. The predicted molar refractivity (Wildman–Crippen MR) is 62.5 cm³/mol. The number of carbonyl (C=O) groups excluding carboxylic acids is 1. The predicted octanol–water partition coefficient (Wildman–Crippen LogP) is 2.65. The summed E-state index contributed by atoms with van der Waals surface area (Å²) in [7, 11) is 0.